The van der Waals surface area contributed by atoms with Crippen molar-refractivity contribution in [2.45, 2.75) is 22.8 Å². The van der Waals surface area contributed by atoms with Gasteiger partial charge in [-0.05, 0) is 49.4 Å². The van der Waals surface area contributed by atoms with Crippen molar-refractivity contribution < 1.29 is 14.3 Å². The van der Waals surface area contributed by atoms with E-state index in [9.17, 15) is 9.59 Å². The SMILES string of the molecule is CC(OC(=O)c1ccc2nc(-c3ccccc3)[nH]c2c1)C(=O)N1c2ccccc2Sc2ccccc21. The Kier molecular flexibility index (Phi) is 5.54. The Morgan fingerprint density at radius 3 is 2.19 bits per heavy atom. The number of nitrogens with one attached hydrogen (secondary N) is 1. The van der Waals surface area contributed by atoms with Gasteiger partial charge in [0.1, 0.15) is 5.82 Å². The van der Waals surface area contributed by atoms with E-state index < -0.39 is 12.1 Å². The molecule has 1 aliphatic rings. The van der Waals surface area contributed by atoms with Gasteiger partial charge < -0.3 is 9.72 Å². The summed E-state index contributed by atoms with van der Waals surface area (Å²) in [6, 6.07) is 30.4. The molecule has 4 aromatic carbocycles. The number of aromatic nitrogens is 2. The molecular weight excluding hydrogens is 470 g/mol. The molecule has 7 heteroatoms. The number of fused-ring (bicyclic) bond motifs is 3. The van der Waals surface area contributed by atoms with Crippen molar-refractivity contribution in [2.75, 3.05) is 4.90 Å². The molecule has 176 valence electrons. The lowest BCUT2D eigenvalue weighted by Crippen LogP contribution is -2.38. The van der Waals surface area contributed by atoms with Gasteiger partial charge in [-0.15, -0.1) is 0 Å². The molecule has 36 heavy (non-hydrogen) atoms. The quantitative estimate of drug-likeness (QED) is 0.287. The smallest absolute Gasteiger partial charge is 0.338 e. The largest absolute Gasteiger partial charge is 0.449 e. The lowest BCUT2D eigenvalue weighted by molar-refractivity contribution is -0.125. The van der Waals surface area contributed by atoms with Gasteiger partial charge in [0.05, 0.1) is 28.0 Å². The number of hydrogen-bond donors (Lipinski definition) is 1. The second-order valence-electron chi connectivity index (χ2n) is 8.44. The van der Waals surface area contributed by atoms with Crippen molar-refractivity contribution in [2.24, 2.45) is 0 Å². The summed E-state index contributed by atoms with van der Waals surface area (Å²) in [5.41, 5.74) is 4.33. The number of benzene rings is 4. The summed E-state index contributed by atoms with van der Waals surface area (Å²) in [5.74, 6) is -0.154. The lowest BCUT2D eigenvalue weighted by atomic mass is 10.2. The van der Waals surface area contributed by atoms with Crippen LogP contribution >= 0.6 is 11.8 Å². The molecule has 0 radical (unpaired) electrons. The van der Waals surface area contributed by atoms with Crippen molar-refractivity contribution in [3.63, 3.8) is 0 Å². The fraction of sp³-hybridized carbons (Fsp3) is 0.0690. The maximum absolute atomic E-state index is 13.6. The number of carbonyl (C=O) groups is 2. The second-order valence-corrected chi connectivity index (χ2v) is 9.53. The van der Waals surface area contributed by atoms with Crippen molar-refractivity contribution in [3.8, 4) is 11.4 Å². The maximum atomic E-state index is 13.6. The summed E-state index contributed by atoms with van der Waals surface area (Å²) in [6.07, 6.45) is -0.987. The third-order valence-electron chi connectivity index (χ3n) is 6.05. The highest BCUT2D eigenvalue weighted by molar-refractivity contribution is 7.99. The fourth-order valence-corrected chi connectivity index (χ4v) is 5.33. The first-order chi connectivity index (χ1) is 17.6. The van der Waals surface area contributed by atoms with Crippen LogP contribution in [0.2, 0.25) is 0 Å². The highest BCUT2D eigenvalue weighted by Gasteiger charge is 2.32. The van der Waals surface area contributed by atoms with E-state index in [1.807, 2.05) is 78.9 Å². The van der Waals surface area contributed by atoms with E-state index in [1.54, 1.807) is 41.8 Å². The molecule has 5 aromatic rings. The van der Waals surface area contributed by atoms with Gasteiger partial charge in [-0.25, -0.2) is 9.78 Å². The first-order valence-electron chi connectivity index (χ1n) is 11.5. The van der Waals surface area contributed by atoms with Crippen LogP contribution in [0.4, 0.5) is 11.4 Å². The van der Waals surface area contributed by atoms with E-state index in [0.717, 1.165) is 43.6 Å². The van der Waals surface area contributed by atoms with Gasteiger partial charge in [-0.3, -0.25) is 9.69 Å². The van der Waals surface area contributed by atoms with Gasteiger partial charge in [0.25, 0.3) is 5.91 Å². The predicted molar refractivity (Wildman–Crippen MR) is 141 cm³/mol. The third kappa shape index (κ3) is 3.93. The summed E-state index contributed by atoms with van der Waals surface area (Å²) in [7, 11) is 0. The minimum atomic E-state index is -0.987. The van der Waals surface area contributed by atoms with Crippen LogP contribution in [0.15, 0.2) is 107 Å². The normalized spacial score (nSPS) is 13.1. The molecule has 1 atom stereocenters. The first-order valence-corrected chi connectivity index (χ1v) is 12.4. The third-order valence-corrected chi connectivity index (χ3v) is 7.18. The van der Waals surface area contributed by atoms with Crippen LogP contribution in [-0.4, -0.2) is 27.9 Å². The average molecular weight is 492 g/mol. The molecule has 0 fully saturated rings. The molecule has 0 saturated heterocycles. The number of imidazole rings is 1. The molecule has 6 nitrogen and oxygen atoms in total. The van der Waals surface area contributed by atoms with Crippen molar-refractivity contribution in [1.29, 1.82) is 0 Å². The monoisotopic (exact) mass is 491 g/mol. The van der Waals surface area contributed by atoms with E-state index in [1.165, 1.54) is 0 Å². The van der Waals surface area contributed by atoms with Gasteiger partial charge in [-0.2, -0.15) is 0 Å². The highest BCUT2D eigenvalue weighted by Crippen LogP contribution is 2.48. The van der Waals surface area contributed by atoms with E-state index in [0.29, 0.717) is 5.56 Å². The second kappa shape index (κ2) is 9.02. The van der Waals surface area contributed by atoms with Gasteiger partial charge >= 0.3 is 5.97 Å². The average Bonchev–Trinajstić information content (AvgIpc) is 3.35. The molecule has 0 saturated carbocycles. The molecular formula is C29H21N3O3S. The Balaban J connectivity index is 1.25. The topological polar surface area (TPSA) is 75.3 Å². The number of nitrogens with zero attached hydrogens (tertiary/aromatic N) is 2. The lowest BCUT2D eigenvalue weighted by Gasteiger charge is -2.32. The summed E-state index contributed by atoms with van der Waals surface area (Å²) in [4.78, 5) is 38.1. The Labute approximate surface area is 211 Å². The van der Waals surface area contributed by atoms with Crippen LogP contribution in [0.1, 0.15) is 17.3 Å². The van der Waals surface area contributed by atoms with Gasteiger partial charge in [0.15, 0.2) is 6.10 Å². The molecule has 0 spiro atoms. The number of H-pyrrole nitrogens is 1. The van der Waals surface area contributed by atoms with E-state index in [-0.39, 0.29) is 5.91 Å². The van der Waals surface area contributed by atoms with Crippen LogP contribution < -0.4 is 4.90 Å². The predicted octanol–water partition coefficient (Wildman–Crippen LogP) is 6.60. The van der Waals surface area contributed by atoms with Gasteiger partial charge in [-0.1, -0.05) is 66.4 Å². The zero-order valence-corrected chi connectivity index (χ0v) is 20.2. The molecule has 0 bridgehead atoms. The zero-order chi connectivity index (χ0) is 24.6. The Morgan fingerprint density at radius 2 is 1.50 bits per heavy atom. The first kappa shape index (κ1) is 22.1. The van der Waals surface area contributed by atoms with E-state index in [2.05, 4.69) is 9.97 Å². The molecule has 0 aliphatic carbocycles. The Hall–Kier alpha value is -4.36. The summed E-state index contributed by atoms with van der Waals surface area (Å²) in [5, 5.41) is 0. The van der Waals surface area contributed by atoms with Crippen LogP contribution in [0.3, 0.4) is 0 Å². The van der Waals surface area contributed by atoms with Crippen LogP contribution in [0, 0.1) is 0 Å². The zero-order valence-electron chi connectivity index (χ0n) is 19.3. The van der Waals surface area contributed by atoms with Gasteiger partial charge in [0, 0.05) is 15.4 Å². The highest BCUT2D eigenvalue weighted by atomic mass is 32.2. The van der Waals surface area contributed by atoms with Gasteiger partial charge in [0.2, 0.25) is 0 Å². The van der Waals surface area contributed by atoms with Crippen LogP contribution in [-0.2, 0) is 9.53 Å². The minimum Gasteiger partial charge on any atom is -0.449 e. The van der Waals surface area contributed by atoms with Crippen LogP contribution in [0.5, 0.6) is 0 Å². The molecule has 2 heterocycles. The molecule has 1 N–H and O–H groups in total. The number of amides is 1. The number of anilines is 2. The van der Waals surface area contributed by atoms with Crippen molar-refractivity contribution in [1.82, 2.24) is 9.97 Å². The molecule has 1 unspecified atom stereocenters. The fourth-order valence-electron chi connectivity index (χ4n) is 4.27. The number of carbonyl (C=O) groups excluding carboxylic acids is 2. The summed E-state index contributed by atoms with van der Waals surface area (Å²) >= 11 is 1.62. The summed E-state index contributed by atoms with van der Waals surface area (Å²) in [6.45, 7) is 1.61. The van der Waals surface area contributed by atoms with E-state index in [4.69, 9.17) is 4.74 Å². The van der Waals surface area contributed by atoms with Crippen LogP contribution in [0.25, 0.3) is 22.4 Å². The molecule has 1 aromatic heterocycles. The summed E-state index contributed by atoms with van der Waals surface area (Å²) < 4.78 is 5.65. The number of rotatable bonds is 4. The number of aromatic amines is 1. The van der Waals surface area contributed by atoms with E-state index >= 15 is 0 Å². The number of ether oxygens (including phenoxy) is 1. The molecule has 1 aliphatic heterocycles. The Bertz CT molecular complexity index is 1570. The minimum absolute atomic E-state index is 0.308. The van der Waals surface area contributed by atoms with Crippen molar-refractivity contribution in [3.05, 3.63) is 103 Å². The molecule has 1 amide bonds. The Morgan fingerprint density at radius 1 is 0.861 bits per heavy atom. The van der Waals surface area contributed by atoms with Crippen molar-refractivity contribution >= 4 is 46.0 Å². The standard InChI is InChI=1S/C29H21N3O3S/c1-18(28(33)32-23-11-5-7-13-25(23)36-26-14-8-6-12-24(26)32)35-29(34)20-15-16-21-22(17-20)31-27(30-21)19-9-3-2-4-10-19/h2-18H,1H3,(H,30,31). The molecule has 6 rings (SSSR count). The maximum Gasteiger partial charge on any atom is 0.338 e. The number of hydrogen-bond acceptors (Lipinski definition) is 5. The number of esters is 1. The number of para-hydroxylation sites is 2.